The maximum Gasteiger partial charge on any atom is 0.213 e. The van der Waals surface area contributed by atoms with Gasteiger partial charge in [0.2, 0.25) is 5.88 Å². The second kappa shape index (κ2) is 9.36. The van der Waals surface area contributed by atoms with Crippen LogP contribution in [0.5, 0.6) is 5.88 Å². The summed E-state index contributed by atoms with van der Waals surface area (Å²) in [5, 5.41) is 15.0. The zero-order chi connectivity index (χ0) is 19.9. The maximum absolute atomic E-state index is 5.92. The van der Waals surface area contributed by atoms with Gasteiger partial charge in [-0.1, -0.05) is 12.1 Å². The molecule has 1 aliphatic carbocycles. The van der Waals surface area contributed by atoms with Gasteiger partial charge in [0.05, 0.1) is 13.1 Å². The molecule has 0 aromatic carbocycles. The molecule has 0 atom stereocenters. The number of rotatable bonds is 7. The molecule has 0 radical (unpaired) electrons. The van der Waals surface area contributed by atoms with Crippen LogP contribution in [0.25, 0.3) is 5.65 Å². The zero-order valence-corrected chi connectivity index (χ0v) is 16.7. The number of nitrogens with one attached hydrogen (secondary N) is 2. The van der Waals surface area contributed by atoms with Crippen molar-refractivity contribution in [2.24, 2.45) is 4.99 Å². The Balaban J connectivity index is 1.35. The smallest absolute Gasteiger partial charge is 0.213 e. The molecule has 4 rings (SSSR count). The molecule has 152 valence electrons. The lowest BCUT2D eigenvalue weighted by Crippen LogP contribution is -2.37. The van der Waals surface area contributed by atoms with E-state index in [-0.39, 0.29) is 0 Å². The summed E-state index contributed by atoms with van der Waals surface area (Å²) in [6.07, 6.45) is 8.88. The van der Waals surface area contributed by atoms with Crippen LogP contribution in [0.4, 0.5) is 0 Å². The molecule has 1 aliphatic rings. The lowest BCUT2D eigenvalue weighted by Gasteiger charge is -2.12. The molecule has 3 heterocycles. The first-order chi connectivity index (χ1) is 14.3. The number of fused-ring (bicyclic) bond motifs is 1. The monoisotopic (exact) mass is 393 g/mol. The van der Waals surface area contributed by atoms with E-state index in [9.17, 15) is 0 Å². The highest BCUT2D eigenvalue weighted by atomic mass is 16.5. The van der Waals surface area contributed by atoms with Crippen molar-refractivity contribution in [1.29, 1.82) is 0 Å². The van der Waals surface area contributed by atoms with Crippen LogP contribution in [0.3, 0.4) is 0 Å². The van der Waals surface area contributed by atoms with E-state index in [1.807, 2.05) is 54.0 Å². The molecular formula is C21H27N7O. The van der Waals surface area contributed by atoms with E-state index >= 15 is 0 Å². The van der Waals surface area contributed by atoms with Gasteiger partial charge in [-0.3, -0.25) is 4.40 Å². The van der Waals surface area contributed by atoms with Crippen molar-refractivity contribution in [2.45, 2.75) is 51.8 Å². The SMILES string of the molecule is CCNC(=NCc1ccc(OC2CCCC2)nc1)NCc1nnc2ccccn12. The fourth-order valence-electron chi connectivity index (χ4n) is 3.44. The lowest BCUT2D eigenvalue weighted by molar-refractivity contribution is 0.201. The molecule has 8 nitrogen and oxygen atoms in total. The van der Waals surface area contributed by atoms with Crippen molar-refractivity contribution >= 4 is 11.6 Å². The van der Waals surface area contributed by atoms with Crippen LogP contribution in [0.2, 0.25) is 0 Å². The Hall–Kier alpha value is -3.16. The summed E-state index contributed by atoms with van der Waals surface area (Å²) >= 11 is 0. The largest absolute Gasteiger partial charge is 0.474 e. The first kappa shape index (κ1) is 19.2. The van der Waals surface area contributed by atoms with Gasteiger partial charge in [-0.25, -0.2) is 9.98 Å². The highest BCUT2D eigenvalue weighted by Gasteiger charge is 2.16. The fourth-order valence-corrected chi connectivity index (χ4v) is 3.44. The van der Waals surface area contributed by atoms with Crippen molar-refractivity contribution in [1.82, 2.24) is 30.2 Å². The Morgan fingerprint density at radius 1 is 1.17 bits per heavy atom. The van der Waals surface area contributed by atoms with Crippen LogP contribution in [0.1, 0.15) is 44.0 Å². The van der Waals surface area contributed by atoms with Crippen LogP contribution in [-0.2, 0) is 13.1 Å². The number of hydrogen-bond acceptors (Lipinski definition) is 5. The lowest BCUT2D eigenvalue weighted by atomic mass is 10.3. The molecule has 3 aromatic heterocycles. The Kier molecular flexibility index (Phi) is 6.19. The minimum atomic E-state index is 0.323. The van der Waals surface area contributed by atoms with E-state index < -0.39 is 0 Å². The number of nitrogens with zero attached hydrogens (tertiary/aromatic N) is 5. The fraction of sp³-hybridized carbons (Fsp3) is 0.429. The number of aromatic nitrogens is 4. The maximum atomic E-state index is 5.92. The van der Waals surface area contributed by atoms with E-state index in [0.29, 0.717) is 25.1 Å². The molecule has 0 bridgehead atoms. The van der Waals surface area contributed by atoms with Crippen LogP contribution in [0, 0.1) is 0 Å². The van der Waals surface area contributed by atoms with Gasteiger partial charge >= 0.3 is 0 Å². The van der Waals surface area contributed by atoms with E-state index in [1.165, 1.54) is 12.8 Å². The molecule has 3 aromatic rings. The summed E-state index contributed by atoms with van der Waals surface area (Å²) in [7, 11) is 0. The van der Waals surface area contributed by atoms with E-state index in [2.05, 4.69) is 30.8 Å². The number of guanidine groups is 1. The molecule has 0 saturated heterocycles. The van der Waals surface area contributed by atoms with Crippen molar-refractivity contribution in [3.63, 3.8) is 0 Å². The van der Waals surface area contributed by atoms with Gasteiger partial charge in [0.15, 0.2) is 17.4 Å². The van der Waals surface area contributed by atoms with Crippen LogP contribution >= 0.6 is 0 Å². The molecular weight excluding hydrogens is 366 g/mol. The molecule has 1 fully saturated rings. The van der Waals surface area contributed by atoms with Crippen molar-refractivity contribution in [2.75, 3.05) is 6.54 Å². The number of hydrogen-bond donors (Lipinski definition) is 2. The predicted molar refractivity (Wildman–Crippen MR) is 112 cm³/mol. The Bertz CT molecular complexity index is 945. The molecule has 0 unspecified atom stereocenters. The Labute approximate surface area is 170 Å². The molecule has 0 amide bonds. The first-order valence-corrected chi connectivity index (χ1v) is 10.2. The van der Waals surface area contributed by atoms with Gasteiger partial charge in [-0.05, 0) is 50.3 Å². The van der Waals surface area contributed by atoms with Crippen molar-refractivity contribution in [3.8, 4) is 5.88 Å². The Morgan fingerprint density at radius 3 is 2.86 bits per heavy atom. The molecule has 8 heteroatoms. The number of ether oxygens (including phenoxy) is 1. The van der Waals surface area contributed by atoms with E-state index in [1.54, 1.807) is 0 Å². The third-order valence-corrected chi connectivity index (χ3v) is 4.95. The highest BCUT2D eigenvalue weighted by Crippen LogP contribution is 2.22. The standard InChI is InChI=1S/C21H27N7O/c1-2-22-21(25-15-19-27-26-18-9-5-6-12-28(18)19)24-14-16-10-11-20(23-13-16)29-17-7-3-4-8-17/h5-6,9-13,17H,2-4,7-8,14-15H2,1H3,(H2,22,24,25). The van der Waals surface area contributed by atoms with Crippen molar-refractivity contribution < 1.29 is 4.74 Å². The zero-order valence-electron chi connectivity index (χ0n) is 16.7. The van der Waals surface area contributed by atoms with Gasteiger partial charge in [-0.2, -0.15) is 0 Å². The third kappa shape index (κ3) is 5.01. The minimum absolute atomic E-state index is 0.323. The molecule has 2 N–H and O–H groups in total. The van der Waals surface area contributed by atoms with Crippen LogP contribution in [0.15, 0.2) is 47.7 Å². The summed E-state index contributed by atoms with van der Waals surface area (Å²) < 4.78 is 7.88. The second-order valence-corrected chi connectivity index (χ2v) is 7.12. The number of aliphatic imine (C=N–C) groups is 1. The second-order valence-electron chi connectivity index (χ2n) is 7.12. The number of pyridine rings is 2. The predicted octanol–water partition coefficient (Wildman–Crippen LogP) is 2.70. The summed E-state index contributed by atoms with van der Waals surface area (Å²) in [5.41, 5.74) is 1.87. The van der Waals surface area contributed by atoms with Crippen LogP contribution in [-0.4, -0.2) is 38.2 Å². The van der Waals surface area contributed by atoms with E-state index in [4.69, 9.17) is 4.74 Å². The molecule has 0 spiro atoms. The molecule has 0 aliphatic heterocycles. The van der Waals surface area contributed by atoms with Gasteiger partial charge in [0.1, 0.15) is 6.10 Å². The summed E-state index contributed by atoms with van der Waals surface area (Å²) in [4.78, 5) is 9.09. The van der Waals surface area contributed by atoms with Gasteiger partial charge in [0.25, 0.3) is 0 Å². The van der Waals surface area contributed by atoms with Gasteiger partial charge in [0, 0.05) is 25.0 Å². The normalized spacial score (nSPS) is 15.0. The topological polar surface area (TPSA) is 88.7 Å². The average molecular weight is 393 g/mol. The molecule has 29 heavy (non-hydrogen) atoms. The Morgan fingerprint density at radius 2 is 2.07 bits per heavy atom. The average Bonchev–Trinajstić information content (AvgIpc) is 3.41. The van der Waals surface area contributed by atoms with Crippen molar-refractivity contribution in [3.05, 3.63) is 54.1 Å². The minimum Gasteiger partial charge on any atom is -0.474 e. The summed E-state index contributed by atoms with van der Waals surface area (Å²) in [6.45, 7) is 3.88. The van der Waals surface area contributed by atoms with E-state index in [0.717, 1.165) is 42.4 Å². The third-order valence-electron chi connectivity index (χ3n) is 4.95. The highest BCUT2D eigenvalue weighted by molar-refractivity contribution is 5.79. The quantitative estimate of drug-likeness (QED) is 0.474. The van der Waals surface area contributed by atoms with Gasteiger partial charge in [-0.15, -0.1) is 10.2 Å². The molecule has 1 saturated carbocycles. The summed E-state index contributed by atoms with van der Waals surface area (Å²) in [6, 6.07) is 9.81. The van der Waals surface area contributed by atoms with Gasteiger partial charge < -0.3 is 15.4 Å². The summed E-state index contributed by atoms with van der Waals surface area (Å²) in [5.74, 6) is 2.26. The van der Waals surface area contributed by atoms with Crippen LogP contribution < -0.4 is 15.4 Å². The first-order valence-electron chi connectivity index (χ1n) is 10.2.